The van der Waals surface area contributed by atoms with Crippen molar-refractivity contribution in [2.24, 2.45) is 34.0 Å². The van der Waals surface area contributed by atoms with Crippen LogP contribution >= 0.6 is 0 Å². The van der Waals surface area contributed by atoms with Gasteiger partial charge in [0.1, 0.15) is 42.4 Å². The van der Waals surface area contributed by atoms with Crippen molar-refractivity contribution in [3.05, 3.63) is 340 Å². The summed E-state index contributed by atoms with van der Waals surface area (Å²) in [5.74, 6) is -0.101. The lowest BCUT2D eigenvalue weighted by molar-refractivity contribution is -0.160. The summed E-state index contributed by atoms with van der Waals surface area (Å²) in [4.78, 5) is 72.3. The predicted octanol–water partition coefficient (Wildman–Crippen LogP) is 38.7. The number of ether oxygens (including phenoxy) is 7. The fourth-order valence-corrected chi connectivity index (χ4v) is 14.6. The van der Waals surface area contributed by atoms with Crippen molar-refractivity contribution >= 4 is 46.6 Å². The molecule has 14 rings (SSSR count). The van der Waals surface area contributed by atoms with Crippen molar-refractivity contribution in [1.82, 2.24) is 0 Å². The lowest BCUT2D eigenvalue weighted by Crippen LogP contribution is -2.26. The lowest BCUT2D eigenvalue weighted by atomic mass is 9.90. The van der Waals surface area contributed by atoms with E-state index in [0.29, 0.717) is 0 Å². The number of benzene rings is 12. The first-order valence-corrected chi connectivity index (χ1v) is 47.6. The molecule has 0 aliphatic heterocycles. The molecule has 9 atom stereocenters. The summed E-state index contributed by atoms with van der Waals surface area (Å²) in [5.41, 5.74) is 25.1. The fourth-order valence-electron chi connectivity index (χ4n) is 14.6. The van der Waals surface area contributed by atoms with Crippen molar-refractivity contribution in [2.75, 3.05) is 7.11 Å². The van der Waals surface area contributed by atoms with Crippen LogP contribution in [-0.4, -0.2) is 42.9 Å². The second-order valence-corrected chi connectivity index (χ2v) is 37.5. The van der Waals surface area contributed by atoms with Crippen LogP contribution in [0.3, 0.4) is 0 Å². The third-order valence-corrected chi connectivity index (χ3v) is 26.2. The highest BCUT2D eigenvalue weighted by atomic mass is 16.6. The van der Waals surface area contributed by atoms with Crippen LogP contribution in [0.1, 0.15) is 376 Å². The Balaban J connectivity index is -0.000000809. The molecule has 2 aliphatic carbocycles. The molecule has 0 saturated carbocycles. The van der Waals surface area contributed by atoms with Gasteiger partial charge in [-0.1, -0.05) is 417 Å². The van der Waals surface area contributed by atoms with Gasteiger partial charge in [0, 0.05) is 0 Å². The van der Waals surface area contributed by atoms with Gasteiger partial charge in [0.2, 0.25) is 0 Å². The summed E-state index contributed by atoms with van der Waals surface area (Å²) in [6.45, 7) is 45.0. The molecule has 0 saturated heterocycles. The maximum atomic E-state index is 12.3. The molecule has 0 radical (unpaired) electrons. The quantitative estimate of drug-likeness (QED) is 0.0336. The minimum atomic E-state index is -0.434. The molecular weight excluding hydrogens is 1790 g/mol. The minimum absolute atomic E-state index is 0. The molecule has 2 aliphatic rings. The summed E-state index contributed by atoms with van der Waals surface area (Å²) in [7, 11) is 1.66. The van der Waals surface area contributed by atoms with Gasteiger partial charge in [-0.2, -0.15) is 0 Å². The van der Waals surface area contributed by atoms with Gasteiger partial charge in [0.25, 0.3) is 0 Å². The van der Waals surface area contributed by atoms with E-state index >= 15 is 0 Å². The van der Waals surface area contributed by atoms with E-state index in [1.807, 2.05) is 230 Å². The van der Waals surface area contributed by atoms with Crippen LogP contribution in [-0.2, 0) is 70.0 Å². The molecule has 0 spiro atoms. The third kappa shape index (κ3) is 38.8. The first-order chi connectivity index (χ1) is 63.3. The Kier molecular flexibility index (Phi) is 62.3. The van der Waals surface area contributed by atoms with Crippen LogP contribution in [0.2, 0.25) is 0 Å². The van der Waals surface area contributed by atoms with Crippen LogP contribution in [0.15, 0.2) is 273 Å². The number of rotatable bonds is 28. The van der Waals surface area contributed by atoms with Gasteiger partial charge < -0.3 is 33.2 Å². The summed E-state index contributed by atoms with van der Waals surface area (Å²) in [6, 6.07) is 93.7. The van der Waals surface area contributed by atoms with E-state index in [-0.39, 0.29) is 179 Å². The normalized spacial score (nSPS) is 12.5. The zero-order chi connectivity index (χ0) is 97.0. The maximum Gasteiger partial charge on any atom is 0.312 e. The number of methoxy groups -OCH3 is 1. The van der Waals surface area contributed by atoms with Gasteiger partial charge >= 0.3 is 35.8 Å². The van der Waals surface area contributed by atoms with Gasteiger partial charge in [0.05, 0.1) is 41.1 Å². The molecule has 796 valence electrons. The number of hydrogen-bond donors (Lipinski definition) is 0. The van der Waals surface area contributed by atoms with Crippen LogP contribution in [0.4, 0.5) is 0 Å². The van der Waals surface area contributed by atoms with E-state index in [2.05, 4.69) is 202 Å². The van der Waals surface area contributed by atoms with E-state index < -0.39 is 16.2 Å². The van der Waals surface area contributed by atoms with Crippen molar-refractivity contribution < 1.29 is 61.9 Å². The van der Waals surface area contributed by atoms with Crippen LogP contribution in [0.5, 0.6) is 5.75 Å². The number of fused-ring (bicyclic) bond motifs is 7. The van der Waals surface area contributed by atoms with Crippen LogP contribution < -0.4 is 4.74 Å². The predicted molar refractivity (Wildman–Crippen MR) is 623 cm³/mol. The Morgan fingerprint density at radius 1 is 0.255 bits per heavy atom. The van der Waals surface area contributed by atoms with Crippen molar-refractivity contribution in [3.63, 3.8) is 0 Å². The highest BCUT2D eigenvalue weighted by Crippen LogP contribution is 2.42. The Labute approximate surface area is 881 Å². The Bertz CT molecular complexity index is 5810. The number of carbonyl (C=O) groups is 6. The third-order valence-electron chi connectivity index (χ3n) is 26.2. The molecule has 0 fully saturated rings. The molecule has 9 unspecified atom stereocenters. The highest BCUT2D eigenvalue weighted by molar-refractivity contribution is 5.86. The minimum Gasteiger partial charge on any atom is -0.497 e. The monoisotopic (exact) mass is 1980 g/mol. The van der Waals surface area contributed by atoms with E-state index in [1.165, 1.54) is 83.5 Å². The second kappa shape index (κ2) is 65.1. The number of aryl methyl sites for hydroxylation is 2. The standard InChI is InChI=1S/C21H24O2.C21H26O2.C20H22O2.2C20H24O2.C18H22O3.12CH4/c1-5-21(3,4)20(22)23-14(2)15-10-11-19-17(12-15)13-16-8-6-7-9-18(16)19;1-6-21(4,5)20(22)23-16(3)17-11-13-19(14-12-17)18-9-7-15(2)8-10-18;1-4-13(2)20(21)22-14(3)15-9-10-19-17(11-15)12-16-7-5-6-8-18(16)19;1-5-15(3)20(21)22-16(4)17-10-12-19(13-11-17)18-8-6-14(2)7-9-18;1-5-20(3,4)19(21)22-15(2)16-11-13-18(14-12-16)17-9-7-6-8-10-17;1-5-12(2)18(19)21-13(3)14-6-7-16-11-17(20-4)9-8-15(16)10-14;;;;;;;;;;;;/h6-12,14H,5,13H2,1-4H3;7-14,16H,6H2,1-5H3;5-11,13-14H,4,12H2,1-3H3;6-13,15-16H,5H2,1-4H3;6-15H,5H2,1-4H3;6-13H,5H2,1-4H3;12*1H4. The summed E-state index contributed by atoms with van der Waals surface area (Å²) in [5, 5.41) is 2.22. The van der Waals surface area contributed by atoms with Crippen molar-refractivity contribution in [1.29, 1.82) is 0 Å². The molecule has 0 N–H and O–H groups in total. The topological polar surface area (TPSA) is 167 Å². The van der Waals surface area contributed by atoms with E-state index in [0.717, 1.165) is 107 Å². The Hall–Kier alpha value is -12.5. The zero-order valence-electron chi connectivity index (χ0n) is 83.1. The first kappa shape index (κ1) is 139. The van der Waals surface area contributed by atoms with Crippen LogP contribution in [0, 0.1) is 47.8 Å². The van der Waals surface area contributed by atoms with E-state index in [4.69, 9.17) is 33.2 Å². The number of hydrogen-bond acceptors (Lipinski definition) is 13. The van der Waals surface area contributed by atoms with Gasteiger partial charge in [-0.15, -0.1) is 0 Å². The van der Waals surface area contributed by atoms with Crippen molar-refractivity contribution in [2.45, 2.75) is 336 Å². The summed E-state index contributed by atoms with van der Waals surface area (Å²) in [6.07, 6.45) is 5.31. The molecule has 0 heterocycles. The van der Waals surface area contributed by atoms with Gasteiger partial charge in [-0.3, -0.25) is 28.8 Å². The number of esters is 6. The summed E-state index contributed by atoms with van der Waals surface area (Å²) >= 11 is 0. The Morgan fingerprint density at radius 3 is 0.793 bits per heavy atom. The molecular formula is C132H190O13. The first-order valence-electron chi connectivity index (χ1n) is 47.6. The lowest BCUT2D eigenvalue weighted by Gasteiger charge is -2.24. The summed E-state index contributed by atoms with van der Waals surface area (Å²) < 4.78 is 38.7. The molecule has 13 nitrogen and oxygen atoms in total. The van der Waals surface area contributed by atoms with Crippen molar-refractivity contribution in [3.8, 4) is 61.4 Å². The maximum absolute atomic E-state index is 12.3. The SMILES string of the molecule is C.C.C.C.C.C.C.C.C.C.C.C.CCC(C)(C)C(=O)OC(C)c1ccc(-c2ccc(C)cc2)cc1.CCC(C)(C)C(=O)OC(C)c1ccc(-c2ccccc2)cc1.CCC(C)(C)C(=O)OC(C)c1ccc2c(c1)Cc1ccccc1-2.CCC(C)C(=O)OC(C)c1ccc(-c2ccc(C)cc2)cc1.CCC(C)C(=O)OC(C)c1ccc2c(c1)Cc1ccccc1-2.CCC(C)C(=O)OC(C)c1ccc2cc(OC)ccc2c1. The molecule has 0 bridgehead atoms. The molecule has 12 aromatic carbocycles. The van der Waals surface area contributed by atoms with E-state index in [9.17, 15) is 28.8 Å². The molecule has 0 aromatic heterocycles. The van der Waals surface area contributed by atoms with Crippen LogP contribution in [0.25, 0.3) is 66.4 Å². The highest BCUT2D eigenvalue weighted by Gasteiger charge is 2.33. The van der Waals surface area contributed by atoms with E-state index in [1.54, 1.807) is 7.11 Å². The molecule has 13 heteroatoms. The fraction of sp³-hybridized carbons (Fsp3) is 0.424. The molecule has 145 heavy (non-hydrogen) atoms. The Morgan fingerprint density at radius 2 is 0.490 bits per heavy atom. The zero-order valence-corrected chi connectivity index (χ0v) is 83.1. The number of carbonyl (C=O) groups excluding carboxylic acids is 6. The second-order valence-electron chi connectivity index (χ2n) is 37.5. The molecule has 0 amide bonds. The smallest absolute Gasteiger partial charge is 0.312 e. The van der Waals surface area contributed by atoms with Gasteiger partial charge in [-0.25, -0.2) is 0 Å². The van der Waals surface area contributed by atoms with Gasteiger partial charge in [0.15, 0.2) is 0 Å². The average Bonchev–Trinajstić information content (AvgIpc) is 1.64. The average molecular weight is 1980 g/mol. The molecule has 12 aromatic rings. The largest absolute Gasteiger partial charge is 0.497 e. The van der Waals surface area contributed by atoms with Gasteiger partial charge in [-0.05, 0) is 289 Å².